The van der Waals surface area contributed by atoms with Gasteiger partial charge in [0.2, 0.25) is 10.0 Å². The van der Waals surface area contributed by atoms with Crippen molar-refractivity contribution in [2.45, 2.75) is 13.3 Å². The van der Waals surface area contributed by atoms with Gasteiger partial charge in [0.05, 0.1) is 5.75 Å². The lowest BCUT2D eigenvalue weighted by Crippen LogP contribution is -2.16. The van der Waals surface area contributed by atoms with Gasteiger partial charge >= 0.3 is 0 Å². The standard InChI is InChI=1S/C13H15ClN2O3S/c1-10-15-13(9-19-10)11-3-5-12(6-4-11)16-20(17,18)8-2-7-14/h3-6,9,16H,2,7-8H2,1H3. The van der Waals surface area contributed by atoms with Crippen LogP contribution in [0.25, 0.3) is 11.3 Å². The third-order valence-electron chi connectivity index (χ3n) is 2.62. The van der Waals surface area contributed by atoms with Crippen LogP contribution >= 0.6 is 11.6 Å². The minimum absolute atomic E-state index is 0.0146. The van der Waals surface area contributed by atoms with Gasteiger partial charge in [-0.3, -0.25) is 4.72 Å². The normalized spacial score (nSPS) is 11.5. The molecule has 0 aliphatic heterocycles. The summed E-state index contributed by atoms with van der Waals surface area (Å²) in [6, 6.07) is 6.96. The van der Waals surface area contributed by atoms with Crippen LogP contribution in [0.15, 0.2) is 34.9 Å². The maximum absolute atomic E-state index is 11.7. The highest BCUT2D eigenvalue weighted by Gasteiger charge is 2.10. The number of aromatic nitrogens is 1. The Balaban J connectivity index is 2.09. The SMILES string of the molecule is Cc1nc(-c2ccc(NS(=O)(=O)CCCCl)cc2)co1. The van der Waals surface area contributed by atoms with E-state index in [4.69, 9.17) is 16.0 Å². The molecule has 2 aromatic rings. The highest BCUT2D eigenvalue weighted by atomic mass is 35.5. The largest absolute Gasteiger partial charge is 0.449 e. The van der Waals surface area contributed by atoms with Crippen molar-refractivity contribution in [1.29, 1.82) is 0 Å². The van der Waals surface area contributed by atoms with Crippen molar-refractivity contribution < 1.29 is 12.8 Å². The second-order valence-electron chi connectivity index (χ2n) is 4.29. The summed E-state index contributed by atoms with van der Waals surface area (Å²) >= 11 is 5.49. The Labute approximate surface area is 123 Å². The van der Waals surface area contributed by atoms with Gasteiger partial charge in [0, 0.05) is 24.1 Å². The van der Waals surface area contributed by atoms with Gasteiger partial charge in [-0.25, -0.2) is 13.4 Å². The fraction of sp³-hybridized carbons (Fsp3) is 0.308. The summed E-state index contributed by atoms with van der Waals surface area (Å²) in [6.07, 6.45) is 1.99. The van der Waals surface area contributed by atoms with E-state index < -0.39 is 10.0 Å². The van der Waals surface area contributed by atoms with Gasteiger partial charge in [-0.1, -0.05) is 12.1 Å². The molecule has 0 unspecified atom stereocenters. The van der Waals surface area contributed by atoms with Crippen LogP contribution in [-0.4, -0.2) is 25.0 Å². The number of alkyl halides is 1. The lowest BCUT2D eigenvalue weighted by Gasteiger charge is -2.07. The van der Waals surface area contributed by atoms with Crippen molar-refractivity contribution in [1.82, 2.24) is 4.98 Å². The van der Waals surface area contributed by atoms with Crippen LogP contribution in [0, 0.1) is 6.92 Å². The van der Waals surface area contributed by atoms with E-state index in [1.54, 1.807) is 37.5 Å². The third-order valence-corrected chi connectivity index (χ3v) is 4.26. The summed E-state index contributed by atoms with van der Waals surface area (Å²) in [5, 5.41) is 0. The number of rotatable bonds is 6. The van der Waals surface area contributed by atoms with Crippen molar-refractivity contribution in [3.8, 4) is 11.3 Å². The van der Waals surface area contributed by atoms with Gasteiger partial charge < -0.3 is 4.42 Å². The highest BCUT2D eigenvalue weighted by molar-refractivity contribution is 7.92. The van der Waals surface area contributed by atoms with E-state index in [1.165, 1.54) is 0 Å². The molecule has 0 aliphatic rings. The molecule has 0 saturated carbocycles. The van der Waals surface area contributed by atoms with Crippen molar-refractivity contribution >= 4 is 27.3 Å². The van der Waals surface area contributed by atoms with Crippen molar-refractivity contribution in [3.05, 3.63) is 36.4 Å². The van der Waals surface area contributed by atoms with Crippen LogP contribution in [0.3, 0.4) is 0 Å². The van der Waals surface area contributed by atoms with E-state index in [2.05, 4.69) is 9.71 Å². The number of sulfonamides is 1. The molecule has 0 atom stereocenters. The van der Waals surface area contributed by atoms with Gasteiger partial charge in [-0.2, -0.15) is 0 Å². The van der Waals surface area contributed by atoms with E-state index in [0.29, 0.717) is 23.9 Å². The van der Waals surface area contributed by atoms with Gasteiger partial charge in [0.15, 0.2) is 5.89 Å². The molecule has 0 fully saturated rings. The van der Waals surface area contributed by atoms with Crippen LogP contribution in [0.4, 0.5) is 5.69 Å². The topological polar surface area (TPSA) is 72.2 Å². The number of nitrogens with zero attached hydrogens (tertiary/aromatic N) is 1. The number of hydrogen-bond donors (Lipinski definition) is 1. The number of aryl methyl sites for hydroxylation is 1. The Morgan fingerprint density at radius 1 is 1.30 bits per heavy atom. The number of halogens is 1. The molecule has 20 heavy (non-hydrogen) atoms. The van der Waals surface area contributed by atoms with Gasteiger partial charge in [0.1, 0.15) is 12.0 Å². The minimum Gasteiger partial charge on any atom is -0.449 e. The van der Waals surface area contributed by atoms with Crippen LogP contribution in [0.1, 0.15) is 12.3 Å². The van der Waals surface area contributed by atoms with Crippen molar-refractivity contribution in [2.24, 2.45) is 0 Å². The lowest BCUT2D eigenvalue weighted by molar-refractivity contribution is 0.521. The first-order valence-corrected chi connectivity index (χ1v) is 8.28. The van der Waals surface area contributed by atoms with E-state index in [0.717, 1.165) is 11.3 Å². The van der Waals surface area contributed by atoms with Crippen LogP contribution in [0.2, 0.25) is 0 Å². The summed E-state index contributed by atoms with van der Waals surface area (Å²) in [4.78, 5) is 4.21. The minimum atomic E-state index is -3.34. The number of hydrogen-bond acceptors (Lipinski definition) is 4. The zero-order valence-electron chi connectivity index (χ0n) is 11.0. The molecule has 0 bridgehead atoms. The number of nitrogens with one attached hydrogen (secondary N) is 1. The highest BCUT2D eigenvalue weighted by Crippen LogP contribution is 2.21. The molecule has 7 heteroatoms. The Bertz CT molecular complexity index is 665. The summed E-state index contributed by atoms with van der Waals surface area (Å²) in [6.45, 7) is 1.77. The molecule has 0 amide bonds. The smallest absolute Gasteiger partial charge is 0.232 e. The molecule has 0 saturated heterocycles. The van der Waals surface area contributed by atoms with E-state index in [-0.39, 0.29) is 5.75 Å². The maximum atomic E-state index is 11.7. The van der Waals surface area contributed by atoms with E-state index >= 15 is 0 Å². The zero-order valence-corrected chi connectivity index (χ0v) is 12.5. The molecular formula is C13H15ClN2O3S. The molecule has 5 nitrogen and oxygen atoms in total. The molecular weight excluding hydrogens is 300 g/mol. The van der Waals surface area contributed by atoms with Gasteiger partial charge in [-0.15, -0.1) is 11.6 Å². The quantitative estimate of drug-likeness (QED) is 0.832. The average Bonchev–Trinajstić information content (AvgIpc) is 2.84. The summed E-state index contributed by atoms with van der Waals surface area (Å²) in [5.74, 6) is 0.928. The zero-order chi connectivity index (χ0) is 14.6. The van der Waals surface area contributed by atoms with Gasteiger partial charge in [0.25, 0.3) is 0 Å². The molecule has 108 valence electrons. The first kappa shape index (κ1) is 14.9. The molecule has 0 aliphatic carbocycles. The fourth-order valence-electron chi connectivity index (χ4n) is 1.68. The van der Waals surface area contributed by atoms with Crippen LogP contribution < -0.4 is 4.72 Å². The second-order valence-corrected chi connectivity index (χ2v) is 6.51. The number of benzene rings is 1. The maximum Gasteiger partial charge on any atom is 0.232 e. The van der Waals surface area contributed by atoms with E-state index in [1.807, 2.05) is 0 Å². The number of anilines is 1. The molecule has 1 heterocycles. The summed E-state index contributed by atoms with van der Waals surface area (Å²) in [5.41, 5.74) is 2.10. The molecule has 0 spiro atoms. The molecule has 2 rings (SSSR count). The summed E-state index contributed by atoms with van der Waals surface area (Å²) in [7, 11) is -3.34. The summed E-state index contributed by atoms with van der Waals surface area (Å²) < 4.78 is 31.1. The Morgan fingerprint density at radius 3 is 2.55 bits per heavy atom. The Kier molecular flexibility index (Phi) is 4.67. The Hall–Kier alpha value is -1.53. The Morgan fingerprint density at radius 2 is 2.00 bits per heavy atom. The second kappa shape index (κ2) is 6.28. The van der Waals surface area contributed by atoms with Crippen molar-refractivity contribution in [3.63, 3.8) is 0 Å². The van der Waals surface area contributed by atoms with Crippen LogP contribution in [0.5, 0.6) is 0 Å². The average molecular weight is 315 g/mol. The lowest BCUT2D eigenvalue weighted by atomic mass is 10.1. The van der Waals surface area contributed by atoms with Crippen molar-refractivity contribution in [2.75, 3.05) is 16.4 Å². The first-order chi connectivity index (χ1) is 9.50. The third kappa shape index (κ3) is 3.98. The van der Waals surface area contributed by atoms with Crippen LogP contribution in [-0.2, 0) is 10.0 Å². The van der Waals surface area contributed by atoms with Gasteiger partial charge in [-0.05, 0) is 18.6 Å². The van der Waals surface area contributed by atoms with E-state index in [9.17, 15) is 8.42 Å². The predicted octanol–water partition coefficient (Wildman–Crippen LogP) is 3.02. The number of oxazole rings is 1. The molecule has 1 aromatic carbocycles. The predicted molar refractivity (Wildman–Crippen MR) is 79.4 cm³/mol. The fourth-order valence-corrected chi connectivity index (χ4v) is 3.09. The molecule has 1 aromatic heterocycles. The molecule has 1 N–H and O–H groups in total. The first-order valence-electron chi connectivity index (χ1n) is 6.09. The monoisotopic (exact) mass is 314 g/mol. The molecule has 0 radical (unpaired) electrons.